The smallest absolute Gasteiger partial charge is 0.170 e. The molecule has 0 amide bonds. The molecule has 1 aliphatic heterocycles. The standard InChI is InChI=1S/C15H23N3OS/c1-19-14-7-5-13(6-8-14)17-15(20)16-9-4-12-18-10-2-3-11-18/h5-8H,2-4,9-12H2,1H3,(H2,16,17,20)/p+1. The highest BCUT2D eigenvalue weighted by molar-refractivity contribution is 7.80. The minimum absolute atomic E-state index is 0.687. The number of ether oxygens (including phenoxy) is 1. The molecule has 3 N–H and O–H groups in total. The van der Waals surface area contributed by atoms with E-state index in [9.17, 15) is 0 Å². The predicted molar refractivity (Wildman–Crippen MR) is 86.6 cm³/mol. The molecule has 1 aliphatic rings. The first-order valence-electron chi connectivity index (χ1n) is 7.30. The van der Waals surface area contributed by atoms with Crippen molar-refractivity contribution in [2.45, 2.75) is 19.3 Å². The highest BCUT2D eigenvalue weighted by atomic mass is 32.1. The van der Waals surface area contributed by atoms with Crippen LogP contribution in [0.1, 0.15) is 19.3 Å². The van der Waals surface area contributed by atoms with Crippen LogP contribution in [0, 0.1) is 0 Å². The van der Waals surface area contributed by atoms with Gasteiger partial charge >= 0.3 is 0 Å². The number of hydrogen-bond donors (Lipinski definition) is 3. The van der Waals surface area contributed by atoms with Crippen LogP contribution in [0.3, 0.4) is 0 Å². The van der Waals surface area contributed by atoms with E-state index in [1.165, 1.54) is 38.9 Å². The lowest BCUT2D eigenvalue weighted by Crippen LogP contribution is -3.10. The first kappa shape index (κ1) is 15.1. The molecule has 0 aromatic heterocycles. The molecule has 2 rings (SSSR count). The molecule has 0 radical (unpaired) electrons. The normalized spacial score (nSPS) is 15.1. The summed E-state index contributed by atoms with van der Waals surface area (Å²) in [6.45, 7) is 4.87. The van der Waals surface area contributed by atoms with E-state index in [-0.39, 0.29) is 0 Å². The van der Waals surface area contributed by atoms with Crippen molar-refractivity contribution < 1.29 is 9.64 Å². The summed E-state index contributed by atoms with van der Waals surface area (Å²) < 4.78 is 5.12. The van der Waals surface area contributed by atoms with E-state index in [0.717, 1.165) is 18.0 Å². The van der Waals surface area contributed by atoms with Gasteiger partial charge in [-0.1, -0.05) is 0 Å². The molecule has 110 valence electrons. The van der Waals surface area contributed by atoms with E-state index in [1.54, 1.807) is 12.0 Å². The number of hydrogen-bond acceptors (Lipinski definition) is 2. The first-order chi connectivity index (χ1) is 9.78. The van der Waals surface area contributed by atoms with Gasteiger partial charge in [0.2, 0.25) is 0 Å². The fourth-order valence-electron chi connectivity index (χ4n) is 2.51. The zero-order valence-electron chi connectivity index (χ0n) is 12.1. The molecule has 0 spiro atoms. The van der Waals surface area contributed by atoms with Crippen LogP contribution in [-0.2, 0) is 0 Å². The molecule has 1 aromatic rings. The Morgan fingerprint density at radius 3 is 2.60 bits per heavy atom. The van der Waals surface area contributed by atoms with Crippen LogP contribution in [0.5, 0.6) is 5.75 Å². The lowest BCUT2D eigenvalue weighted by molar-refractivity contribution is -0.887. The third-order valence-electron chi connectivity index (χ3n) is 3.65. The average molecular weight is 294 g/mol. The SMILES string of the molecule is COc1ccc(NC(=S)NCCC[NH+]2CCCC2)cc1. The number of quaternary nitrogens is 1. The van der Waals surface area contributed by atoms with Crippen LogP contribution in [-0.4, -0.2) is 38.4 Å². The summed E-state index contributed by atoms with van der Waals surface area (Å²) in [7, 11) is 1.66. The number of thiocarbonyl (C=S) groups is 1. The summed E-state index contributed by atoms with van der Waals surface area (Å²) in [4.78, 5) is 1.74. The first-order valence-corrected chi connectivity index (χ1v) is 7.71. The van der Waals surface area contributed by atoms with Gasteiger partial charge in [-0.25, -0.2) is 0 Å². The van der Waals surface area contributed by atoms with E-state index < -0.39 is 0 Å². The number of methoxy groups -OCH3 is 1. The number of nitrogens with one attached hydrogen (secondary N) is 3. The van der Waals surface area contributed by atoms with Gasteiger partial charge in [0.15, 0.2) is 5.11 Å². The zero-order valence-corrected chi connectivity index (χ0v) is 12.9. The lowest BCUT2D eigenvalue weighted by atomic mass is 10.3. The lowest BCUT2D eigenvalue weighted by Gasteiger charge is -2.13. The minimum Gasteiger partial charge on any atom is -0.497 e. The minimum atomic E-state index is 0.687. The Hall–Kier alpha value is -1.33. The van der Waals surface area contributed by atoms with Gasteiger partial charge in [-0.15, -0.1) is 0 Å². The van der Waals surface area contributed by atoms with Gasteiger partial charge in [0.1, 0.15) is 5.75 Å². The maximum Gasteiger partial charge on any atom is 0.170 e. The van der Waals surface area contributed by atoms with Crippen LogP contribution >= 0.6 is 12.2 Å². The second-order valence-electron chi connectivity index (χ2n) is 5.17. The largest absolute Gasteiger partial charge is 0.497 e. The summed E-state index contributed by atoms with van der Waals surface area (Å²) in [5.74, 6) is 0.850. The van der Waals surface area contributed by atoms with Gasteiger partial charge < -0.3 is 20.3 Å². The van der Waals surface area contributed by atoms with E-state index in [2.05, 4.69) is 10.6 Å². The average Bonchev–Trinajstić information content (AvgIpc) is 2.98. The Kier molecular flexibility index (Phi) is 6.08. The fourth-order valence-corrected chi connectivity index (χ4v) is 2.73. The van der Waals surface area contributed by atoms with Crippen LogP contribution < -0.4 is 20.3 Å². The molecule has 1 heterocycles. The number of likely N-dealkylation sites (tertiary alicyclic amines) is 1. The molecule has 0 atom stereocenters. The summed E-state index contributed by atoms with van der Waals surface area (Å²) in [5, 5.41) is 7.13. The second-order valence-corrected chi connectivity index (χ2v) is 5.58. The van der Waals surface area contributed by atoms with Gasteiger partial charge in [-0.2, -0.15) is 0 Å². The molecular weight excluding hydrogens is 270 g/mol. The monoisotopic (exact) mass is 294 g/mol. The van der Waals surface area contributed by atoms with Crippen molar-refractivity contribution in [2.75, 3.05) is 38.6 Å². The Bertz CT molecular complexity index is 416. The van der Waals surface area contributed by atoms with Crippen molar-refractivity contribution in [3.05, 3.63) is 24.3 Å². The quantitative estimate of drug-likeness (QED) is 0.542. The van der Waals surface area contributed by atoms with Gasteiger partial charge in [-0.05, 0) is 36.5 Å². The van der Waals surface area contributed by atoms with Crippen LogP contribution in [0.25, 0.3) is 0 Å². The van der Waals surface area contributed by atoms with E-state index in [4.69, 9.17) is 17.0 Å². The third-order valence-corrected chi connectivity index (χ3v) is 3.90. The van der Waals surface area contributed by atoms with Crippen molar-refractivity contribution in [1.82, 2.24) is 5.32 Å². The summed E-state index contributed by atoms with van der Waals surface area (Å²) >= 11 is 5.29. The number of rotatable bonds is 6. The van der Waals surface area contributed by atoms with E-state index >= 15 is 0 Å². The molecule has 1 saturated heterocycles. The summed E-state index contributed by atoms with van der Waals surface area (Å²) in [6, 6.07) is 7.76. The number of benzene rings is 1. The Labute approximate surface area is 126 Å². The van der Waals surface area contributed by atoms with Crippen LogP contribution in [0.4, 0.5) is 5.69 Å². The van der Waals surface area contributed by atoms with Crippen molar-refractivity contribution >= 4 is 23.0 Å². The molecule has 4 nitrogen and oxygen atoms in total. The molecular formula is C15H24N3OS+. The maximum atomic E-state index is 5.29. The molecule has 1 fully saturated rings. The van der Waals surface area contributed by atoms with Crippen LogP contribution in [0.2, 0.25) is 0 Å². The molecule has 5 heteroatoms. The van der Waals surface area contributed by atoms with Gasteiger partial charge in [0.05, 0.1) is 26.7 Å². The highest BCUT2D eigenvalue weighted by Crippen LogP contribution is 2.14. The molecule has 0 saturated carbocycles. The fraction of sp³-hybridized carbons (Fsp3) is 0.533. The van der Waals surface area contributed by atoms with E-state index in [1.807, 2.05) is 24.3 Å². The molecule has 1 aromatic carbocycles. The van der Waals surface area contributed by atoms with Crippen molar-refractivity contribution in [3.8, 4) is 5.75 Å². The summed E-state index contributed by atoms with van der Waals surface area (Å²) in [5.41, 5.74) is 0.980. The van der Waals surface area contributed by atoms with Gasteiger partial charge in [-0.3, -0.25) is 0 Å². The van der Waals surface area contributed by atoms with Gasteiger partial charge in [0.25, 0.3) is 0 Å². The summed E-state index contributed by atoms with van der Waals surface area (Å²) in [6.07, 6.45) is 3.94. The number of anilines is 1. The molecule has 0 unspecified atom stereocenters. The highest BCUT2D eigenvalue weighted by Gasteiger charge is 2.13. The third kappa shape index (κ3) is 4.98. The Morgan fingerprint density at radius 2 is 1.95 bits per heavy atom. The molecule has 0 bridgehead atoms. The van der Waals surface area contributed by atoms with Crippen molar-refractivity contribution in [1.29, 1.82) is 0 Å². The van der Waals surface area contributed by atoms with Crippen molar-refractivity contribution in [2.24, 2.45) is 0 Å². The molecule has 0 aliphatic carbocycles. The molecule has 20 heavy (non-hydrogen) atoms. The Morgan fingerprint density at radius 1 is 1.25 bits per heavy atom. The second kappa shape index (κ2) is 8.07. The van der Waals surface area contributed by atoms with Gasteiger partial charge in [0, 0.05) is 31.5 Å². The van der Waals surface area contributed by atoms with Crippen LogP contribution in [0.15, 0.2) is 24.3 Å². The maximum absolute atomic E-state index is 5.29. The Balaban J connectivity index is 1.61. The predicted octanol–water partition coefficient (Wildman–Crippen LogP) is 1.05. The topological polar surface area (TPSA) is 37.7 Å². The van der Waals surface area contributed by atoms with Crippen molar-refractivity contribution in [3.63, 3.8) is 0 Å². The van der Waals surface area contributed by atoms with E-state index in [0.29, 0.717) is 5.11 Å². The zero-order chi connectivity index (χ0) is 14.2.